The van der Waals surface area contributed by atoms with Gasteiger partial charge in [-0.1, -0.05) is 5.16 Å². The molecule has 4 heterocycles. The molecule has 8 nitrogen and oxygen atoms in total. The zero-order valence-electron chi connectivity index (χ0n) is 13.6. The fourth-order valence-electron chi connectivity index (χ4n) is 3.14. The molecule has 124 valence electrons. The number of H-pyrrole nitrogens is 1. The van der Waals surface area contributed by atoms with Crippen LogP contribution in [-0.4, -0.2) is 42.3 Å². The van der Waals surface area contributed by atoms with Gasteiger partial charge in [0.1, 0.15) is 11.5 Å². The van der Waals surface area contributed by atoms with Crippen LogP contribution in [0.15, 0.2) is 23.0 Å². The zero-order chi connectivity index (χ0) is 16.7. The first-order valence-corrected chi connectivity index (χ1v) is 7.98. The van der Waals surface area contributed by atoms with Crippen molar-refractivity contribution in [3.8, 4) is 11.5 Å². The van der Waals surface area contributed by atoms with Gasteiger partial charge < -0.3 is 14.4 Å². The Morgan fingerprint density at radius 2 is 2.33 bits per heavy atom. The summed E-state index contributed by atoms with van der Waals surface area (Å²) in [4.78, 5) is 21.8. The number of imidazole rings is 1. The van der Waals surface area contributed by atoms with E-state index in [4.69, 9.17) is 4.52 Å². The highest BCUT2D eigenvalue weighted by atomic mass is 16.5. The van der Waals surface area contributed by atoms with E-state index >= 15 is 0 Å². The summed E-state index contributed by atoms with van der Waals surface area (Å²) >= 11 is 0. The maximum atomic E-state index is 12.6. The Kier molecular flexibility index (Phi) is 3.44. The standard InChI is InChI=1S/C16H18N6O2/c1-3-22-13-4-7-21(16(23)12-8-10(2)24-20-12)9-11(13)14(19-22)15-17-5-6-18-15/h5-6,8H,3-4,7,9H2,1-2H3,(H,17,18). The smallest absolute Gasteiger partial charge is 0.276 e. The van der Waals surface area contributed by atoms with E-state index in [0.717, 1.165) is 30.0 Å². The number of hydrogen-bond donors (Lipinski definition) is 1. The lowest BCUT2D eigenvalue weighted by molar-refractivity contribution is 0.0723. The van der Waals surface area contributed by atoms with Crippen molar-refractivity contribution >= 4 is 5.91 Å². The summed E-state index contributed by atoms with van der Waals surface area (Å²) in [6.07, 6.45) is 4.24. The molecule has 0 saturated carbocycles. The van der Waals surface area contributed by atoms with E-state index < -0.39 is 0 Å². The van der Waals surface area contributed by atoms with Crippen molar-refractivity contribution in [2.45, 2.75) is 33.4 Å². The number of carbonyl (C=O) groups excluding carboxylic acids is 1. The molecule has 1 N–H and O–H groups in total. The molecule has 1 amide bonds. The quantitative estimate of drug-likeness (QED) is 0.792. The number of carbonyl (C=O) groups is 1. The Morgan fingerprint density at radius 1 is 1.46 bits per heavy atom. The van der Waals surface area contributed by atoms with E-state index in [1.165, 1.54) is 5.69 Å². The molecule has 4 rings (SSSR count). The van der Waals surface area contributed by atoms with Gasteiger partial charge in [0, 0.05) is 49.2 Å². The molecule has 0 fully saturated rings. The molecule has 3 aromatic heterocycles. The molecule has 1 aliphatic heterocycles. The molecule has 0 bridgehead atoms. The second-order valence-corrected chi connectivity index (χ2v) is 5.83. The van der Waals surface area contributed by atoms with Crippen molar-refractivity contribution in [1.29, 1.82) is 0 Å². The Labute approximate surface area is 138 Å². The van der Waals surface area contributed by atoms with Gasteiger partial charge in [0.05, 0.1) is 6.54 Å². The first-order valence-electron chi connectivity index (χ1n) is 7.98. The Bertz CT molecular complexity index is 877. The third-order valence-electron chi connectivity index (χ3n) is 4.29. The average Bonchev–Trinajstić information content (AvgIpc) is 3.32. The molecule has 8 heteroatoms. The Morgan fingerprint density at radius 3 is 3.00 bits per heavy atom. The second kappa shape index (κ2) is 5.63. The van der Waals surface area contributed by atoms with Crippen molar-refractivity contribution in [1.82, 2.24) is 29.8 Å². The van der Waals surface area contributed by atoms with Crippen LogP contribution in [0.1, 0.15) is 34.4 Å². The van der Waals surface area contributed by atoms with Gasteiger partial charge in [0.25, 0.3) is 5.91 Å². The summed E-state index contributed by atoms with van der Waals surface area (Å²) in [5, 5.41) is 8.51. The van der Waals surface area contributed by atoms with Crippen molar-refractivity contribution in [3.63, 3.8) is 0 Å². The maximum Gasteiger partial charge on any atom is 0.276 e. The molecule has 0 saturated heterocycles. The molecule has 0 aromatic carbocycles. The fourth-order valence-corrected chi connectivity index (χ4v) is 3.14. The van der Waals surface area contributed by atoms with Crippen LogP contribution in [0.3, 0.4) is 0 Å². The van der Waals surface area contributed by atoms with Crippen LogP contribution in [0.2, 0.25) is 0 Å². The minimum Gasteiger partial charge on any atom is -0.361 e. The second-order valence-electron chi connectivity index (χ2n) is 5.83. The predicted octanol–water partition coefficient (Wildman–Crippen LogP) is 1.79. The van der Waals surface area contributed by atoms with E-state index in [1.807, 2.05) is 4.68 Å². The monoisotopic (exact) mass is 326 g/mol. The van der Waals surface area contributed by atoms with Crippen molar-refractivity contribution < 1.29 is 9.32 Å². The molecule has 0 unspecified atom stereocenters. The van der Waals surface area contributed by atoms with E-state index in [0.29, 0.717) is 24.5 Å². The van der Waals surface area contributed by atoms with E-state index in [-0.39, 0.29) is 5.91 Å². The lowest BCUT2D eigenvalue weighted by Gasteiger charge is -2.27. The summed E-state index contributed by atoms with van der Waals surface area (Å²) in [5.41, 5.74) is 3.37. The van der Waals surface area contributed by atoms with Gasteiger partial charge >= 0.3 is 0 Å². The topological polar surface area (TPSA) is 92.8 Å². The highest BCUT2D eigenvalue weighted by Gasteiger charge is 2.30. The van der Waals surface area contributed by atoms with Gasteiger partial charge in [-0.15, -0.1) is 0 Å². The van der Waals surface area contributed by atoms with Crippen LogP contribution in [-0.2, 0) is 19.5 Å². The largest absolute Gasteiger partial charge is 0.361 e. The first-order chi connectivity index (χ1) is 11.7. The van der Waals surface area contributed by atoms with Gasteiger partial charge in [0.15, 0.2) is 11.5 Å². The summed E-state index contributed by atoms with van der Waals surface area (Å²) in [6, 6.07) is 1.67. The third-order valence-corrected chi connectivity index (χ3v) is 4.29. The number of hydrogen-bond acceptors (Lipinski definition) is 5. The minimum atomic E-state index is -0.118. The van der Waals surface area contributed by atoms with Crippen molar-refractivity contribution in [2.24, 2.45) is 0 Å². The van der Waals surface area contributed by atoms with Gasteiger partial charge in [-0.3, -0.25) is 9.48 Å². The van der Waals surface area contributed by atoms with Crippen molar-refractivity contribution in [2.75, 3.05) is 6.54 Å². The molecule has 3 aromatic rings. The SMILES string of the molecule is CCn1nc(-c2ncc[nH]2)c2c1CCN(C(=O)c1cc(C)on1)C2. The minimum absolute atomic E-state index is 0.118. The molecule has 0 atom stereocenters. The Balaban J connectivity index is 1.69. The molecular weight excluding hydrogens is 308 g/mol. The van der Waals surface area contributed by atoms with Crippen LogP contribution in [0.5, 0.6) is 0 Å². The summed E-state index contributed by atoms with van der Waals surface area (Å²) in [5.74, 6) is 1.24. The number of nitrogens with zero attached hydrogens (tertiary/aromatic N) is 5. The van der Waals surface area contributed by atoms with Crippen LogP contribution < -0.4 is 0 Å². The number of fused-ring (bicyclic) bond motifs is 1. The van der Waals surface area contributed by atoms with Gasteiger partial charge in [0.2, 0.25) is 0 Å². The summed E-state index contributed by atoms with van der Waals surface area (Å²) < 4.78 is 7.02. The number of rotatable bonds is 3. The zero-order valence-corrected chi connectivity index (χ0v) is 13.6. The van der Waals surface area contributed by atoms with Gasteiger partial charge in [-0.2, -0.15) is 5.10 Å². The van der Waals surface area contributed by atoms with Crippen LogP contribution >= 0.6 is 0 Å². The Hall–Kier alpha value is -2.90. The number of aryl methyl sites for hydroxylation is 2. The fraction of sp³-hybridized carbons (Fsp3) is 0.375. The lowest BCUT2D eigenvalue weighted by Crippen LogP contribution is -2.36. The lowest BCUT2D eigenvalue weighted by atomic mass is 10.0. The van der Waals surface area contributed by atoms with Crippen LogP contribution in [0.25, 0.3) is 11.5 Å². The van der Waals surface area contributed by atoms with Crippen molar-refractivity contribution in [3.05, 3.63) is 41.2 Å². The number of aromatic nitrogens is 5. The average molecular weight is 326 g/mol. The maximum absolute atomic E-state index is 12.6. The highest BCUT2D eigenvalue weighted by Crippen LogP contribution is 2.29. The highest BCUT2D eigenvalue weighted by molar-refractivity contribution is 5.92. The van der Waals surface area contributed by atoms with Gasteiger partial charge in [-0.25, -0.2) is 4.98 Å². The van der Waals surface area contributed by atoms with Crippen LogP contribution in [0.4, 0.5) is 0 Å². The summed E-state index contributed by atoms with van der Waals surface area (Å²) in [6.45, 7) is 5.77. The molecular formula is C16H18N6O2. The molecule has 0 radical (unpaired) electrons. The molecule has 1 aliphatic rings. The van der Waals surface area contributed by atoms with E-state index in [2.05, 4.69) is 27.1 Å². The van der Waals surface area contributed by atoms with Crippen LogP contribution in [0, 0.1) is 6.92 Å². The normalized spacial score (nSPS) is 14.0. The molecule has 24 heavy (non-hydrogen) atoms. The summed E-state index contributed by atoms with van der Waals surface area (Å²) in [7, 11) is 0. The first kappa shape index (κ1) is 14.7. The number of nitrogens with one attached hydrogen (secondary N) is 1. The predicted molar refractivity (Wildman–Crippen MR) is 85.2 cm³/mol. The number of aromatic amines is 1. The third kappa shape index (κ3) is 2.31. The number of amides is 1. The van der Waals surface area contributed by atoms with E-state index in [1.54, 1.807) is 30.3 Å². The molecule has 0 spiro atoms. The molecule has 0 aliphatic carbocycles. The van der Waals surface area contributed by atoms with E-state index in [9.17, 15) is 4.79 Å². The van der Waals surface area contributed by atoms with Gasteiger partial charge in [-0.05, 0) is 13.8 Å².